The lowest BCUT2D eigenvalue weighted by Gasteiger charge is -2.13. The zero-order valence-electron chi connectivity index (χ0n) is 18.9. The van der Waals surface area contributed by atoms with E-state index in [2.05, 4.69) is 0 Å². The molecule has 36 heavy (non-hydrogen) atoms. The van der Waals surface area contributed by atoms with Gasteiger partial charge >= 0.3 is 0 Å². The molecule has 5 rings (SSSR count). The first kappa shape index (κ1) is 22.9. The molecule has 0 N–H and O–H groups in total. The summed E-state index contributed by atoms with van der Waals surface area (Å²) in [4.78, 5) is 0. The van der Waals surface area contributed by atoms with Gasteiger partial charge in [0.05, 0.1) is 0 Å². The summed E-state index contributed by atoms with van der Waals surface area (Å²) < 4.78 is 50.1. The van der Waals surface area contributed by atoms with Crippen LogP contribution < -0.4 is 18.9 Å². The Morgan fingerprint density at radius 1 is 0.333 bits per heavy atom. The molecule has 0 fully saturated rings. The van der Waals surface area contributed by atoms with Crippen molar-refractivity contribution in [3.8, 4) is 46.0 Å². The Bertz CT molecular complexity index is 1340. The Labute approximate surface area is 206 Å². The van der Waals surface area contributed by atoms with Crippen LogP contribution in [0.25, 0.3) is 0 Å². The SMILES string of the molecule is Fc1cccc(Oc2ccc(Oc3ccccc3Oc3ccc(Oc4cccc(F)c4)cc3)cc2)c1. The van der Waals surface area contributed by atoms with Gasteiger partial charge < -0.3 is 18.9 Å². The lowest BCUT2D eigenvalue weighted by Crippen LogP contribution is -1.91. The number of halogens is 2. The highest BCUT2D eigenvalue weighted by Crippen LogP contribution is 2.36. The van der Waals surface area contributed by atoms with Crippen molar-refractivity contribution in [3.05, 3.63) is 133 Å². The number of benzene rings is 5. The molecule has 0 bridgehead atoms. The lowest BCUT2D eigenvalue weighted by atomic mass is 10.3. The van der Waals surface area contributed by atoms with Crippen LogP contribution >= 0.6 is 0 Å². The minimum absolute atomic E-state index is 0.363. The normalized spacial score (nSPS) is 10.5. The second kappa shape index (κ2) is 10.6. The van der Waals surface area contributed by atoms with Crippen LogP contribution in [0.1, 0.15) is 0 Å². The van der Waals surface area contributed by atoms with Crippen molar-refractivity contribution < 1.29 is 27.7 Å². The number of hydrogen-bond donors (Lipinski definition) is 0. The summed E-state index contributed by atoms with van der Waals surface area (Å²) in [5.41, 5.74) is 0. The standard InChI is InChI=1S/C30H20F2O4/c31-21-5-3-7-27(19-21)33-23-11-15-25(16-12-23)35-29-9-1-2-10-30(29)36-26-17-13-24(14-18-26)34-28-8-4-6-22(32)20-28/h1-20H. The van der Waals surface area contributed by atoms with E-state index < -0.39 is 0 Å². The van der Waals surface area contributed by atoms with Crippen molar-refractivity contribution in [3.63, 3.8) is 0 Å². The first-order valence-corrected chi connectivity index (χ1v) is 11.1. The smallest absolute Gasteiger partial charge is 0.169 e. The molecule has 0 heterocycles. The van der Waals surface area contributed by atoms with Crippen LogP contribution in [0.3, 0.4) is 0 Å². The molecule has 0 saturated carbocycles. The summed E-state index contributed by atoms with van der Waals surface area (Å²) >= 11 is 0. The van der Waals surface area contributed by atoms with Crippen molar-refractivity contribution in [1.29, 1.82) is 0 Å². The van der Waals surface area contributed by atoms with E-state index in [-0.39, 0.29) is 11.6 Å². The highest BCUT2D eigenvalue weighted by molar-refractivity contribution is 5.47. The van der Waals surface area contributed by atoms with Gasteiger partial charge in [-0.1, -0.05) is 24.3 Å². The quantitative estimate of drug-likeness (QED) is 0.221. The van der Waals surface area contributed by atoms with Gasteiger partial charge in [-0.2, -0.15) is 0 Å². The molecule has 4 nitrogen and oxygen atoms in total. The average Bonchev–Trinajstić information content (AvgIpc) is 2.88. The van der Waals surface area contributed by atoms with Gasteiger partial charge in [0.15, 0.2) is 11.5 Å². The Morgan fingerprint density at radius 2 is 0.694 bits per heavy atom. The van der Waals surface area contributed by atoms with E-state index >= 15 is 0 Å². The van der Waals surface area contributed by atoms with Gasteiger partial charge in [-0.15, -0.1) is 0 Å². The second-order valence-electron chi connectivity index (χ2n) is 7.71. The minimum Gasteiger partial charge on any atom is -0.457 e. The highest BCUT2D eigenvalue weighted by atomic mass is 19.1. The zero-order chi connectivity index (χ0) is 24.7. The van der Waals surface area contributed by atoms with Crippen LogP contribution in [0.15, 0.2) is 121 Å². The van der Waals surface area contributed by atoms with Gasteiger partial charge in [-0.3, -0.25) is 0 Å². The molecule has 5 aromatic carbocycles. The molecule has 0 radical (unpaired) electrons. The first-order chi connectivity index (χ1) is 17.6. The summed E-state index contributed by atoms with van der Waals surface area (Å²) in [7, 11) is 0. The van der Waals surface area contributed by atoms with Crippen molar-refractivity contribution in [2.45, 2.75) is 0 Å². The van der Waals surface area contributed by atoms with Gasteiger partial charge in [0.2, 0.25) is 0 Å². The maximum Gasteiger partial charge on any atom is 0.169 e. The molecule has 0 aliphatic carbocycles. The van der Waals surface area contributed by atoms with E-state index in [9.17, 15) is 8.78 Å². The van der Waals surface area contributed by atoms with Gasteiger partial charge in [0, 0.05) is 12.1 Å². The largest absolute Gasteiger partial charge is 0.457 e. The fourth-order valence-corrected chi connectivity index (χ4v) is 3.36. The van der Waals surface area contributed by atoms with E-state index in [0.29, 0.717) is 46.0 Å². The summed E-state index contributed by atoms with van der Waals surface area (Å²) in [5.74, 6) is 3.41. The van der Waals surface area contributed by atoms with Crippen molar-refractivity contribution >= 4 is 0 Å². The fourth-order valence-electron chi connectivity index (χ4n) is 3.36. The summed E-state index contributed by atoms with van der Waals surface area (Å²) in [6.45, 7) is 0. The second-order valence-corrected chi connectivity index (χ2v) is 7.71. The fraction of sp³-hybridized carbons (Fsp3) is 0. The van der Waals surface area contributed by atoms with E-state index in [1.54, 1.807) is 84.9 Å². The van der Waals surface area contributed by atoms with E-state index in [1.165, 1.54) is 24.3 Å². The van der Waals surface area contributed by atoms with Crippen LogP contribution in [0.4, 0.5) is 8.78 Å². The van der Waals surface area contributed by atoms with Crippen LogP contribution in [0.2, 0.25) is 0 Å². The molecular weight excluding hydrogens is 462 g/mol. The van der Waals surface area contributed by atoms with Gasteiger partial charge in [-0.05, 0) is 84.9 Å². The third-order valence-corrected chi connectivity index (χ3v) is 5.02. The number of para-hydroxylation sites is 2. The van der Waals surface area contributed by atoms with Crippen LogP contribution in [-0.4, -0.2) is 0 Å². The summed E-state index contributed by atoms with van der Waals surface area (Å²) in [5, 5.41) is 0. The molecule has 0 unspecified atom stereocenters. The van der Waals surface area contributed by atoms with Crippen LogP contribution in [0, 0.1) is 11.6 Å². The lowest BCUT2D eigenvalue weighted by molar-refractivity contribution is 0.416. The molecule has 0 amide bonds. The van der Waals surface area contributed by atoms with Gasteiger partial charge in [0.25, 0.3) is 0 Å². The first-order valence-electron chi connectivity index (χ1n) is 11.1. The van der Waals surface area contributed by atoms with E-state index in [0.717, 1.165) is 0 Å². The number of hydrogen-bond acceptors (Lipinski definition) is 4. The molecular formula is C30H20F2O4. The molecule has 0 spiro atoms. The molecule has 6 heteroatoms. The molecule has 0 saturated heterocycles. The van der Waals surface area contributed by atoms with E-state index in [4.69, 9.17) is 18.9 Å². The molecule has 0 aliphatic heterocycles. The van der Waals surface area contributed by atoms with E-state index in [1.807, 2.05) is 12.1 Å². The topological polar surface area (TPSA) is 36.9 Å². The summed E-state index contributed by atoms with van der Waals surface area (Å²) in [6, 6.07) is 33.1. The third-order valence-electron chi connectivity index (χ3n) is 5.02. The molecule has 0 aromatic heterocycles. The van der Waals surface area contributed by atoms with Crippen LogP contribution in [-0.2, 0) is 0 Å². The predicted octanol–water partition coefficient (Wildman–Crippen LogP) is 9.13. The van der Waals surface area contributed by atoms with Gasteiger partial charge in [0.1, 0.15) is 46.1 Å². The Morgan fingerprint density at radius 3 is 1.06 bits per heavy atom. The maximum absolute atomic E-state index is 13.4. The Hall–Kier alpha value is -4.84. The van der Waals surface area contributed by atoms with Crippen molar-refractivity contribution in [2.24, 2.45) is 0 Å². The predicted molar refractivity (Wildman–Crippen MR) is 132 cm³/mol. The van der Waals surface area contributed by atoms with Crippen molar-refractivity contribution in [1.82, 2.24) is 0 Å². The molecule has 178 valence electrons. The monoisotopic (exact) mass is 482 g/mol. The Balaban J connectivity index is 1.24. The highest BCUT2D eigenvalue weighted by Gasteiger charge is 2.09. The van der Waals surface area contributed by atoms with Crippen molar-refractivity contribution in [2.75, 3.05) is 0 Å². The number of rotatable bonds is 8. The average molecular weight is 482 g/mol. The molecule has 5 aromatic rings. The molecule has 0 atom stereocenters. The maximum atomic E-state index is 13.4. The third kappa shape index (κ3) is 5.98. The van der Waals surface area contributed by atoms with Gasteiger partial charge in [-0.25, -0.2) is 8.78 Å². The zero-order valence-corrected chi connectivity index (χ0v) is 18.9. The Kier molecular flexibility index (Phi) is 6.76. The minimum atomic E-state index is -0.363. The number of ether oxygens (including phenoxy) is 4. The van der Waals surface area contributed by atoms with Crippen LogP contribution in [0.5, 0.6) is 46.0 Å². The molecule has 0 aliphatic rings. The summed E-state index contributed by atoms with van der Waals surface area (Å²) in [6.07, 6.45) is 0.